The molecule has 0 amide bonds. The van der Waals surface area contributed by atoms with E-state index >= 15 is 0 Å². The molecule has 0 aliphatic carbocycles. The maximum atomic E-state index is 13.5. The Hall–Kier alpha value is -1.46. The average molecular weight is 345 g/mol. The van der Waals surface area contributed by atoms with Crippen LogP contribution in [0.1, 0.15) is 23.4 Å². The van der Waals surface area contributed by atoms with Crippen LogP contribution in [0.2, 0.25) is 4.34 Å². The van der Waals surface area contributed by atoms with Crippen LogP contribution in [0.3, 0.4) is 0 Å². The molecule has 1 unspecified atom stereocenters. The number of nitrogens with zero attached hydrogens (tertiary/aromatic N) is 1. The number of rotatable bonds is 4. The molecular weight excluding hydrogens is 335 g/mol. The van der Waals surface area contributed by atoms with Crippen molar-refractivity contribution >= 4 is 33.0 Å². The molecule has 0 aliphatic rings. The molecule has 8 heteroatoms. The first kappa shape index (κ1) is 15.9. The van der Waals surface area contributed by atoms with Crippen molar-refractivity contribution in [2.75, 3.05) is 0 Å². The predicted octanol–water partition coefficient (Wildman–Crippen LogP) is 3.45. The number of halogens is 2. The number of benzene rings is 1. The van der Waals surface area contributed by atoms with Crippen molar-refractivity contribution in [3.8, 4) is 6.07 Å². The lowest BCUT2D eigenvalue weighted by Gasteiger charge is -2.13. The Morgan fingerprint density at radius 3 is 2.67 bits per heavy atom. The number of sulfonamides is 1. The highest BCUT2D eigenvalue weighted by Crippen LogP contribution is 2.28. The third kappa shape index (κ3) is 3.41. The quantitative estimate of drug-likeness (QED) is 0.923. The zero-order valence-electron chi connectivity index (χ0n) is 10.8. The van der Waals surface area contributed by atoms with Crippen LogP contribution < -0.4 is 4.72 Å². The predicted molar refractivity (Wildman–Crippen MR) is 79.2 cm³/mol. The zero-order chi connectivity index (χ0) is 15.6. The van der Waals surface area contributed by atoms with Gasteiger partial charge in [0.15, 0.2) is 0 Å². The molecule has 2 rings (SSSR count). The summed E-state index contributed by atoms with van der Waals surface area (Å²) in [5, 5.41) is 8.92. The largest absolute Gasteiger partial charge is 0.242 e. The third-order valence-electron chi connectivity index (χ3n) is 2.73. The standard InChI is InChI=1S/C13H10ClFN2O2S2/c1-8(11-5-6-13(14)20-11)17-21(18,19)12-4-2-3-10(15)9(12)7-16/h2-6,8,17H,1H3. The van der Waals surface area contributed by atoms with Crippen molar-refractivity contribution < 1.29 is 12.8 Å². The molecule has 0 bridgehead atoms. The summed E-state index contributed by atoms with van der Waals surface area (Å²) >= 11 is 7.05. The van der Waals surface area contributed by atoms with Gasteiger partial charge in [-0.3, -0.25) is 0 Å². The molecule has 0 radical (unpaired) electrons. The molecule has 0 spiro atoms. The fraction of sp³-hybridized carbons (Fsp3) is 0.154. The van der Waals surface area contributed by atoms with Gasteiger partial charge in [-0.25, -0.2) is 17.5 Å². The SMILES string of the molecule is CC(NS(=O)(=O)c1cccc(F)c1C#N)c1ccc(Cl)s1. The summed E-state index contributed by atoms with van der Waals surface area (Å²) < 4.78 is 41.1. The number of hydrogen-bond donors (Lipinski definition) is 1. The lowest BCUT2D eigenvalue weighted by atomic mass is 10.2. The first-order valence-corrected chi connectivity index (χ1v) is 8.49. The van der Waals surface area contributed by atoms with Crippen LogP contribution in [-0.4, -0.2) is 8.42 Å². The fourth-order valence-electron chi connectivity index (χ4n) is 1.75. The van der Waals surface area contributed by atoms with Gasteiger partial charge in [0.1, 0.15) is 22.3 Å². The van der Waals surface area contributed by atoms with E-state index in [2.05, 4.69) is 4.72 Å². The van der Waals surface area contributed by atoms with Crippen molar-refractivity contribution in [3.63, 3.8) is 0 Å². The Morgan fingerprint density at radius 2 is 2.10 bits per heavy atom. The summed E-state index contributed by atoms with van der Waals surface area (Å²) in [5.41, 5.74) is -0.499. The molecule has 0 saturated carbocycles. The molecular formula is C13H10ClFN2O2S2. The van der Waals surface area contributed by atoms with E-state index in [0.717, 1.165) is 10.9 Å². The van der Waals surface area contributed by atoms with Gasteiger partial charge in [0, 0.05) is 4.88 Å². The monoisotopic (exact) mass is 344 g/mol. The summed E-state index contributed by atoms with van der Waals surface area (Å²) in [6.07, 6.45) is 0. The maximum Gasteiger partial charge on any atom is 0.242 e. The van der Waals surface area contributed by atoms with Crippen molar-refractivity contribution in [2.45, 2.75) is 17.9 Å². The Morgan fingerprint density at radius 1 is 1.38 bits per heavy atom. The van der Waals surface area contributed by atoms with Crippen molar-refractivity contribution in [3.05, 3.63) is 50.9 Å². The second-order valence-electron chi connectivity index (χ2n) is 4.21. The minimum atomic E-state index is -4.01. The van der Waals surface area contributed by atoms with E-state index in [0.29, 0.717) is 4.34 Å². The Balaban J connectivity index is 2.36. The minimum absolute atomic E-state index is 0.375. The molecule has 0 fully saturated rings. The molecule has 1 N–H and O–H groups in total. The number of nitriles is 1. The minimum Gasteiger partial charge on any atom is -0.207 e. The third-order valence-corrected chi connectivity index (χ3v) is 5.73. The summed E-state index contributed by atoms with van der Waals surface area (Å²) in [6.45, 7) is 1.64. The second kappa shape index (κ2) is 6.12. The average Bonchev–Trinajstić information content (AvgIpc) is 2.85. The van der Waals surface area contributed by atoms with E-state index in [9.17, 15) is 12.8 Å². The molecule has 1 aromatic heterocycles. The normalized spacial score (nSPS) is 12.9. The van der Waals surface area contributed by atoms with Crippen LogP contribution in [0.15, 0.2) is 35.2 Å². The molecule has 2 aromatic rings. The summed E-state index contributed by atoms with van der Waals surface area (Å²) in [7, 11) is -4.01. The van der Waals surface area contributed by atoms with Crippen LogP contribution in [-0.2, 0) is 10.0 Å². The van der Waals surface area contributed by atoms with E-state index in [-0.39, 0.29) is 4.90 Å². The zero-order valence-corrected chi connectivity index (χ0v) is 13.2. The fourth-order valence-corrected chi connectivity index (χ4v) is 4.28. The van der Waals surface area contributed by atoms with Gasteiger partial charge < -0.3 is 0 Å². The van der Waals surface area contributed by atoms with Crippen molar-refractivity contribution in [2.24, 2.45) is 0 Å². The van der Waals surface area contributed by atoms with Gasteiger partial charge in [-0.2, -0.15) is 5.26 Å². The summed E-state index contributed by atoms with van der Waals surface area (Å²) in [4.78, 5) is 0.345. The Bertz CT molecular complexity index is 812. The molecule has 0 saturated heterocycles. The Kier molecular flexibility index (Phi) is 4.64. The van der Waals surface area contributed by atoms with Crippen molar-refractivity contribution in [1.29, 1.82) is 5.26 Å². The Labute approximate surface area is 130 Å². The smallest absolute Gasteiger partial charge is 0.207 e. The molecule has 1 heterocycles. The molecule has 110 valence electrons. The van der Waals surface area contributed by atoms with E-state index < -0.39 is 27.4 Å². The van der Waals surface area contributed by atoms with Crippen LogP contribution in [0.5, 0.6) is 0 Å². The van der Waals surface area contributed by atoms with Crippen molar-refractivity contribution in [1.82, 2.24) is 4.72 Å². The van der Waals surface area contributed by atoms with E-state index in [1.54, 1.807) is 25.1 Å². The molecule has 4 nitrogen and oxygen atoms in total. The van der Waals surface area contributed by atoms with Gasteiger partial charge in [0.05, 0.1) is 10.4 Å². The van der Waals surface area contributed by atoms with Gasteiger partial charge in [-0.15, -0.1) is 11.3 Å². The topological polar surface area (TPSA) is 70.0 Å². The first-order valence-electron chi connectivity index (χ1n) is 5.81. The molecule has 1 aromatic carbocycles. The number of hydrogen-bond acceptors (Lipinski definition) is 4. The van der Waals surface area contributed by atoms with E-state index in [1.807, 2.05) is 0 Å². The first-order chi connectivity index (χ1) is 9.85. The van der Waals surface area contributed by atoms with Gasteiger partial charge in [0.25, 0.3) is 0 Å². The van der Waals surface area contributed by atoms with Crippen LogP contribution in [0.4, 0.5) is 4.39 Å². The highest BCUT2D eigenvalue weighted by atomic mass is 35.5. The number of thiophene rings is 1. The maximum absolute atomic E-state index is 13.5. The lowest BCUT2D eigenvalue weighted by molar-refractivity contribution is 0.564. The van der Waals surface area contributed by atoms with E-state index in [4.69, 9.17) is 16.9 Å². The highest BCUT2D eigenvalue weighted by molar-refractivity contribution is 7.89. The van der Waals surface area contributed by atoms with Crippen LogP contribution >= 0.6 is 22.9 Å². The van der Waals surface area contributed by atoms with Gasteiger partial charge in [0.2, 0.25) is 10.0 Å². The van der Waals surface area contributed by atoms with Gasteiger partial charge >= 0.3 is 0 Å². The highest BCUT2D eigenvalue weighted by Gasteiger charge is 2.24. The summed E-state index contributed by atoms with van der Waals surface area (Å²) in [5.74, 6) is -0.868. The van der Waals surface area contributed by atoms with E-state index in [1.165, 1.54) is 23.5 Å². The summed E-state index contributed by atoms with van der Waals surface area (Å²) in [6, 6.07) is 7.88. The molecule has 1 atom stereocenters. The van der Waals surface area contributed by atoms with Crippen LogP contribution in [0, 0.1) is 17.1 Å². The van der Waals surface area contributed by atoms with Crippen LogP contribution in [0.25, 0.3) is 0 Å². The molecule has 0 aliphatic heterocycles. The second-order valence-corrected chi connectivity index (χ2v) is 7.64. The number of nitrogens with one attached hydrogen (secondary N) is 1. The lowest BCUT2D eigenvalue weighted by Crippen LogP contribution is -2.27. The van der Waals surface area contributed by atoms with Gasteiger partial charge in [-0.05, 0) is 31.2 Å². The molecule has 21 heavy (non-hydrogen) atoms. The van der Waals surface area contributed by atoms with Gasteiger partial charge in [-0.1, -0.05) is 17.7 Å².